The van der Waals surface area contributed by atoms with Gasteiger partial charge in [-0.05, 0) is 30.3 Å². The van der Waals surface area contributed by atoms with Gasteiger partial charge in [0.15, 0.2) is 0 Å². The lowest BCUT2D eigenvalue weighted by molar-refractivity contribution is 0.0698. The third-order valence-corrected chi connectivity index (χ3v) is 6.42. The fourth-order valence-corrected chi connectivity index (χ4v) is 4.44. The molecule has 0 saturated carbocycles. The van der Waals surface area contributed by atoms with E-state index in [0.29, 0.717) is 31.9 Å². The van der Waals surface area contributed by atoms with Gasteiger partial charge < -0.3 is 10.2 Å². The molecule has 0 saturated heterocycles. The van der Waals surface area contributed by atoms with E-state index in [9.17, 15) is 15.0 Å². The lowest BCUT2D eigenvalue weighted by atomic mass is 9.96. The van der Waals surface area contributed by atoms with E-state index in [1.807, 2.05) is 11.4 Å². The van der Waals surface area contributed by atoms with Crippen molar-refractivity contribution in [3.63, 3.8) is 0 Å². The number of benzene rings is 3. The summed E-state index contributed by atoms with van der Waals surface area (Å²) in [5.41, 5.74) is 2.77. The maximum atomic E-state index is 11.9. The number of aromatic carboxylic acids is 1. The van der Waals surface area contributed by atoms with Gasteiger partial charge in [0.05, 0.1) is 26.3 Å². The molecule has 2 N–H and O–H groups in total. The Bertz CT molecular complexity index is 1270. The van der Waals surface area contributed by atoms with E-state index in [0.717, 1.165) is 5.56 Å². The quantitative estimate of drug-likeness (QED) is 0.320. The molecule has 30 heavy (non-hydrogen) atoms. The number of phenolic OH excluding ortho intramolecular Hbond substituents is 1. The van der Waals surface area contributed by atoms with Gasteiger partial charge in [-0.1, -0.05) is 59.1 Å². The van der Waals surface area contributed by atoms with Gasteiger partial charge in [0.2, 0.25) is 0 Å². The molecule has 0 aliphatic carbocycles. The van der Waals surface area contributed by atoms with Crippen molar-refractivity contribution in [1.82, 2.24) is 4.98 Å². The fourth-order valence-electron chi connectivity index (χ4n) is 3.05. The molecular formula is C22H12Cl3NO3S. The fraction of sp³-hybridized carbons (Fsp3) is 0. The maximum Gasteiger partial charge on any atom is 0.336 e. The van der Waals surface area contributed by atoms with Crippen LogP contribution in [-0.4, -0.2) is 21.2 Å². The SMILES string of the molecule is O=C(O)c1cc(-c2nc(-c3ccc(Cl)c(Cl)c3)cs2)ccc1-c1c(O)cccc1Cl. The van der Waals surface area contributed by atoms with E-state index in [1.165, 1.54) is 23.5 Å². The first-order chi connectivity index (χ1) is 14.3. The summed E-state index contributed by atoms with van der Waals surface area (Å²) in [5, 5.41) is 23.6. The highest BCUT2D eigenvalue weighted by molar-refractivity contribution is 7.13. The minimum Gasteiger partial charge on any atom is -0.507 e. The minimum absolute atomic E-state index is 0.0159. The van der Waals surface area contributed by atoms with Crippen LogP contribution in [0, 0.1) is 0 Å². The number of nitrogens with zero attached hydrogens (tertiary/aromatic N) is 1. The highest BCUT2D eigenvalue weighted by Crippen LogP contribution is 2.40. The largest absolute Gasteiger partial charge is 0.507 e. The van der Waals surface area contributed by atoms with Crippen LogP contribution in [-0.2, 0) is 0 Å². The lowest BCUT2D eigenvalue weighted by Gasteiger charge is -2.11. The first-order valence-electron chi connectivity index (χ1n) is 8.61. The van der Waals surface area contributed by atoms with Crippen LogP contribution in [0.25, 0.3) is 33.0 Å². The molecule has 8 heteroatoms. The second-order valence-corrected chi connectivity index (χ2v) is 8.45. The van der Waals surface area contributed by atoms with Gasteiger partial charge in [-0.25, -0.2) is 9.78 Å². The van der Waals surface area contributed by atoms with E-state index in [1.54, 1.807) is 36.4 Å². The van der Waals surface area contributed by atoms with Crippen LogP contribution in [0.3, 0.4) is 0 Å². The molecule has 0 fully saturated rings. The summed E-state index contributed by atoms with van der Waals surface area (Å²) >= 11 is 19.7. The van der Waals surface area contributed by atoms with Crippen LogP contribution < -0.4 is 0 Å². The highest BCUT2D eigenvalue weighted by Gasteiger charge is 2.19. The molecule has 4 aromatic rings. The number of aromatic nitrogens is 1. The number of thiazole rings is 1. The van der Waals surface area contributed by atoms with E-state index in [-0.39, 0.29) is 21.9 Å². The smallest absolute Gasteiger partial charge is 0.336 e. The predicted octanol–water partition coefficient (Wildman–Crippen LogP) is 7.51. The molecule has 4 rings (SSSR count). The number of phenols is 1. The highest BCUT2D eigenvalue weighted by atomic mass is 35.5. The van der Waals surface area contributed by atoms with Crippen LogP contribution in [0.1, 0.15) is 10.4 Å². The Labute approximate surface area is 190 Å². The monoisotopic (exact) mass is 475 g/mol. The van der Waals surface area contributed by atoms with E-state index in [4.69, 9.17) is 34.8 Å². The number of carboxylic acids is 1. The summed E-state index contributed by atoms with van der Waals surface area (Å²) in [6.45, 7) is 0. The van der Waals surface area contributed by atoms with E-state index < -0.39 is 5.97 Å². The van der Waals surface area contributed by atoms with Gasteiger partial charge in [-0.2, -0.15) is 0 Å². The number of carbonyl (C=O) groups is 1. The second-order valence-electron chi connectivity index (χ2n) is 6.37. The van der Waals surface area contributed by atoms with Crippen LogP contribution >= 0.6 is 46.1 Å². The number of hydrogen-bond donors (Lipinski definition) is 2. The number of hydrogen-bond acceptors (Lipinski definition) is 4. The standard InChI is InChI=1S/C22H12Cl3NO3S/c23-15-7-5-11(9-17(15)25)18-10-30-21(26-18)12-4-6-13(14(8-12)22(28)29)20-16(24)2-1-3-19(20)27/h1-10,27H,(H,28,29). The molecule has 0 bridgehead atoms. The summed E-state index contributed by atoms with van der Waals surface area (Å²) in [7, 11) is 0. The second kappa shape index (κ2) is 8.28. The van der Waals surface area contributed by atoms with Gasteiger partial charge in [0, 0.05) is 27.6 Å². The zero-order valence-corrected chi connectivity index (χ0v) is 18.1. The molecule has 0 aliphatic heterocycles. The summed E-state index contributed by atoms with van der Waals surface area (Å²) in [4.78, 5) is 16.5. The molecule has 4 nitrogen and oxygen atoms in total. The molecule has 0 unspecified atom stereocenters. The summed E-state index contributed by atoms with van der Waals surface area (Å²) < 4.78 is 0. The van der Waals surface area contributed by atoms with Crippen molar-refractivity contribution in [3.8, 4) is 38.7 Å². The third kappa shape index (κ3) is 3.89. The Morgan fingerprint density at radius 2 is 1.67 bits per heavy atom. The molecule has 0 radical (unpaired) electrons. The van der Waals surface area contributed by atoms with Crippen molar-refractivity contribution in [2.75, 3.05) is 0 Å². The molecule has 3 aromatic carbocycles. The van der Waals surface area contributed by atoms with Crippen LogP contribution in [0.4, 0.5) is 0 Å². The Hall–Kier alpha value is -2.57. The molecular weight excluding hydrogens is 465 g/mol. The van der Waals surface area contributed by atoms with Gasteiger partial charge in [-0.3, -0.25) is 0 Å². The topological polar surface area (TPSA) is 70.4 Å². The van der Waals surface area contributed by atoms with Gasteiger partial charge >= 0.3 is 5.97 Å². The molecule has 1 aromatic heterocycles. The summed E-state index contributed by atoms with van der Waals surface area (Å²) in [6.07, 6.45) is 0. The van der Waals surface area contributed by atoms with Gasteiger partial charge in [0.1, 0.15) is 10.8 Å². The molecule has 0 amide bonds. The zero-order valence-electron chi connectivity index (χ0n) is 15.1. The average Bonchev–Trinajstić information content (AvgIpc) is 3.20. The van der Waals surface area contributed by atoms with Crippen LogP contribution in [0.2, 0.25) is 15.1 Å². The zero-order chi connectivity index (χ0) is 21.4. The van der Waals surface area contributed by atoms with Crippen molar-refractivity contribution < 1.29 is 15.0 Å². The Kier molecular flexibility index (Phi) is 5.71. The minimum atomic E-state index is -1.13. The van der Waals surface area contributed by atoms with Gasteiger partial charge in [-0.15, -0.1) is 11.3 Å². The van der Waals surface area contributed by atoms with E-state index in [2.05, 4.69) is 4.98 Å². The van der Waals surface area contributed by atoms with Crippen molar-refractivity contribution in [2.45, 2.75) is 0 Å². The Balaban J connectivity index is 1.78. The summed E-state index contributed by atoms with van der Waals surface area (Å²) in [6, 6.07) is 14.8. The average molecular weight is 477 g/mol. The number of halogens is 3. The van der Waals surface area contributed by atoms with Gasteiger partial charge in [0.25, 0.3) is 0 Å². The van der Waals surface area contributed by atoms with E-state index >= 15 is 0 Å². The summed E-state index contributed by atoms with van der Waals surface area (Å²) in [5.74, 6) is -1.22. The normalized spacial score (nSPS) is 10.9. The third-order valence-electron chi connectivity index (χ3n) is 4.48. The first-order valence-corrected chi connectivity index (χ1v) is 10.6. The molecule has 0 spiro atoms. The molecule has 0 aliphatic rings. The van der Waals surface area contributed by atoms with Crippen molar-refractivity contribution in [1.29, 1.82) is 0 Å². The first kappa shape index (κ1) is 20.7. The van der Waals surface area contributed by atoms with Crippen molar-refractivity contribution in [2.24, 2.45) is 0 Å². The predicted molar refractivity (Wildman–Crippen MR) is 122 cm³/mol. The van der Waals surface area contributed by atoms with Crippen LogP contribution in [0.5, 0.6) is 5.75 Å². The number of carboxylic acid groups (broad SMARTS) is 1. The number of rotatable bonds is 4. The maximum absolute atomic E-state index is 11.9. The number of aromatic hydroxyl groups is 1. The Morgan fingerprint density at radius 1 is 0.900 bits per heavy atom. The molecule has 0 atom stereocenters. The van der Waals surface area contributed by atoms with Crippen LogP contribution in [0.15, 0.2) is 60.0 Å². The molecule has 150 valence electrons. The van der Waals surface area contributed by atoms with Crippen molar-refractivity contribution in [3.05, 3.63) is 80.6 Å². The van der Waals surface area contributed by atoms with Crippen molar-refractivity contribution >= 4 is 52.1 Å². The Morgan fingerprint density at radius 3 is 2.37 bits per heavy atom. The lowest BCUT2D eigenvalue weighted by Crippen LogP contribution is -2.00. The molecule has 1 heterocycles.